The second-order valence-electron chi connectivity index (χ2n) is 6.47. The zero-order chi connectivity index (χ0) is 18.8. The number of carbonyl (C=O) groups excluding carboxylic acids is 2. The molecule has 0 aliphatic carbocycles. The minimum absolute atomic E-state index is 0.0205. The summed E-state index contributed by atoms with van der Waals surface area (Å²) in [6.45, 7) is 2.57. The molecule has 0 saturated carbocycles. The van der Waals surface area contributed by atoms with E-state index in [1.54, 1.807) is 30.7 Å². The Morgan fingerprint density at radius 2 is 2.19 bits per heavy atom. The third-order valence-electron chi connectivity index (χ3n) is 4.52. The van der Waals surface area contributed by atoms with Crippen molar-refractivity contribution in [2.75, 3.05) is 11.9 Å². The van der Waals surface area contributed by atoms with Gasteiger partial charge in [0.05, 0.1) is 22.8 Å². The predicted octanol–water partition coefficient (Wildman–Crippen LogP) is 3.40. The fraction of sp³-hybridized carbons (Fsp3) is 0.263. The maximum atomic E-state index is 12.8. The molecule has 4 rings (SSSR count). The Morgan fingerprint density at radius 3 is 2.93 bits per heavy atom. The molecule has 27 heavy (non-hydrogen) atoms. The smallest absolute Gasteiger partial charge is 0.290 e. The highest BCUT2D eigenvalue weighted by molar-refractivity contribution is 7.14. The number of aromatic nitrogens is 3. The molecule has 1 aliphatic heterocycles. The maximum absolute atomic E-state index is 12.8. The Morgan fingerprint density at radius 1 is 1.30 bits per heavy atom. The van der Waals surface area contributed by atoms with Crippen LogP contribution in [-0.2, 0) is 0 Å². The standard InChI is InChI=1S/C19H19N5O2S/c1-12-10-21-17(22-12)19(26)24-9-3-5-14(24)15-6-7-16(27-15)18(25)23-13-4-2-8-20-11-13/h2,4,6-8,10-11,14H,3,5,9H2,1H3,(H,21,22)(H,23,25)/t14-/m0/s1. The van der Waals surface area contributed by atoms with E-state index >= 15 is 0 Å². The molecule has 0 unspecified atom stereocenters. The van der Waals surface area contributed by atoms with E-state index in [2.05, 4.69) is 20.3 Å². The fourth-order valence-corrected chi connectivity index (χ4v) is 4.30. The first-order valence-corrected chi connectivity index (χ1v) is 9.57. The van der Waals surface area contributed by atoms with E-state index in [0.29, 0.717) is 22.9 Å². The molecular formula is C19H19N5O2S. The molecule has 3 aromatic rings. The number of H-pyrrole nitrogens is 1. The van der Waals surface area contributed by atoms with Gasteiger partial charge in [-0.1, -0.05) is 0 Å². The van der Waals surface area contributed by atoms with Crippen molar-refractivity contribution in [3.63, 3.8) is 0 Å². The summed E-state index contributed by atoms with van der Waals surface area (Å²) < 4.78 is 0. The summed E-state index contributed by atoms with van der Waals surface area (Å²) in [6, 6.07) is 7.29. The lowest BCUT2D eigenvalue weighted by molar-refractivity contribution is 0.0726. The van der Waals surface area contributed by atoms with Gasteiger partial charge in [0, 0.05) is 29.5 Å². The number of carbonyl (C=O) groups is 2. The van der Waals surface area contributed by atoms with Crippen molar-refractivity contribution in [1.29, 1.82) is 0 Å². The van der Waals surface area contributed by atoms with E-state index in [9.17, 15) is 9.59 Å². The minimum Gasteiger partial charge on any atom is -0.338 e. The molecule has 1 saturated heterocycles. The van der Waals surface area contributed by atoms with Gasteiger partial charge in [0.2, 0.25) is 0 Å². The summed E-state index contributed by atoms with van der Waals surface area (Å²) in [5.41, 5.74) is 1.52. The van der Waals surface area contributed by atoms with Gasteiger partial charge in [0.25, 0.3) is 11.8 Å². The molecule has 1 aliphatic rings. The lowest BCUT2D eigenvalue weighted by Crippen LogP contribution is -2.31. The highest BCUT2D eigenvalue weighted by atomic mass is 32.1. The number of hydrogen-bond donors (Lipinski definition) is 2. The molecule has 0 spiro atoms. The van der Waals surface area contributed by atoms with E-state index in [-0.39, 0.29) is 17.9 Å². The van der Waals surface area contributed by atoms with Crippen LogP contribution in [-0.4, -0.2) is 38.2 Å². The molecule has 7 nitrogen and oxygen atoms in total. The van der Waals surface area contributed by atoms with Crippen LogP contribution in [0.15, 0.2) is 42.9 Å². The fourth-order valence-electron chi connectivity index (χ4n) is 3.25. The number of likely N-dealkylation sites (tertiary alicyclic amines) is 1. The molecule has 4 heterocycles. The summed E-state index contributed by atoms with van der Waals surface area (Å²) >= 11 is 1.42. The van der Waals surface area contributed by atoms with Gasteiger partial charge in [-0.2, -0.15) is 0 Å². The van der Waals surface area contributed by atoms with Crippen molar-refractivity contribution in [2.45, 2.75) is 25.8 Å². The predicted molar refractivity (Wildman–Crippen MR) is 103 cm³/mol. The van der Waals surface area contributed by atoms with Crippen LogP contribution in [0.1, 0.15) is 49.7 Å². The van der Waals surface area contributed by atoms with Crippen LogP contribution in [0.3, 0.4) is 0 Å². The van der Waals surface area contributed by atoms with Crippen molar-refractivity contribution in [1.82, 2.24) is 19.9 Å². The molecule has 8 heteroatoms. The first-order valence-electron chi connectivity index (χ1n) is 8.75. The summed E-state index contributed by atoms with van der Waals surface area (Å²) in [5, 5.41) is 2.84. The van der Waals surface area contributed by atoms with Crippen molar-refractivity contribution < 1.29 is 9.59 Å². The molecule has 0 bridgehead atoms. The third-order valence-corrected chi connectivity index (χ3v) is 5.70. The SMILES string of the molecule is Cc1cnc(C(=O)N2CCC[C@H]2c2ccc(C(=O)Nc3cccnc3)s2)[nH]1. The normalized spacial score (nSPS) is 16.5. The van der Waals surface area contributed by atoms with Gasteiger partial charge in [-0.15, -0.1) is 11.3 Å². The Balaban J connectivity index is 1.50. The molecule has 3 aromatic heterocycles. The van der Waals surface area contributed by atoms with Crippen LogP contribution >= 0.6 is 11.3 Å². The lowest BCUT2D eigenvalue weighted by Gasteiger charge is -2.22. The number of aromatic amines is 1. The summed E-state index contributed by atoms with van der Waals surface area (Å²) in [6.07, 6.45) is 6.74. The highest BCUT2D eigenvalue weighted by Crippen LogP contribution is 2.36. The number of rotatable bonds is 4. The van der Waals surface area contributed by atoms with Crippen molar-refractivity contribution >= 4 is 28.8 Å². The van der Waals surface area contributed by atoms with E-state index < -0.39 is 0 Å². The summed E-state index contributed by atoms with van der Waals surface area (Å²) in [5.74, 6) is 0.0997. The largest absolute Gasteiger partial charge is 0.338 e. The molecule has 0 aromatic carbocycles. The van der Waals surface area contributed by atoms with Crippen LogP contribution in [0.25, 0.3) is 0 Å². The van der Waals surface area contributed by atoms with Crippen molar-refractivity contribution in [3.8, 4) is 0 Å². The van der Waals surface area contributed by atoms with Gasteiger partial charge in [0.15, 0.2) is 5.82 Å². The molecule has 2 N–H and O–H groups in total. The van der Waals surface area contributed by atoms with Gasteiger partial charge in [-0.25, -0.2) is 4.98 Å². The first kappa shape index (κ1) is 17.4. The first-order chi connectivity index (χ1) is 13.1. The minimum atomic E-state index is -0.170. The topological polar surface area (TPSA) is 91.0 Å². The molecule has 138 valence electrons. The van der Waals surface area contributed by atoms with E-state index in [1.165, 1.54) is 11.3 Å². The van der Waals surface area contributed by atoms with Gasteiger partial charge in [-0.3, -0.25) is 14.6 Å². The summed E-state index contributed by atoms with van der Waals surface area (Å²) in [4.78, 5) is 39.9. The monoisotopic (exact) mass is 381 g/mol. The van der Waals surface area contributed by atoms with Crippen LogP contribution < -0.4 is 5.32 Å². The maximum Gasteiger partial charge on any atom is 0.290 e. The third kappa shape index (κ3) is 3.61. The molecule has 1 atom stereocenters. The van der Waals surface area contributed by atoms with E-state index in [1.807, 2.05) is 24.0 Å². The van der Waals surface area contributed by atoms with Gasteiger partial charge in [-0.05, 0) is 44.0 Å². The van der Waals surface area contributed by atoms with Crippen LogP contribution in [0.5, 0.6) is 0 Å². The molecular weight excluding hydrogens is 362 g/mol. The number of aryl methyl sites for hydroxylation is 1. The Kier molecular flexibility index (Phi) is 4.72. The average molecular weight is 381 g/mol. The number of amides is 2. The number of imidazole rings is 1. The number of hydrogen-bond acceptors (Lipinski definition) is 5. The molecule has 2 amide bonds. The zero-order valence-corrected chi connectivity index (χ0v) is 15.6. The Bertz CT molecular complexity index is 965. The second kappa shape index (κ2) is 7.32. The number of nitrogens with one attached hydrogen (secondary N) is 2. The van der Waals surface area contributed by atoms with E-state index in [0.717, 1.165) is 23.4 Å². The van der Waals surface area contributed by atoms with Gasteiger partial charge in [0.1, 0.15) is 0 Å². The van der Waals surface area contributed by atoms with Crippen molar-refractivity contribution in [3.05, 3.63) is 64.1 Å². The summed E-state index contributed by atoms with van der Waals surface area (Å²) in [7, 11) is 0. The molecule has 1 fully saturated rings. The number of pyridine rings is 1. The van der Waals surface area contributed by atoms with Crippen molar-refractivity contribution in [2.24, 2.45) is 0 Å². The number of nitrogens with zero attached hydrogens (tertiary/aromatic N) is 3. The van der Waals surface area contributed by atoms with Crippen LogP contribution in [0, 0.1) is 6.92 Å². The van der Waals surface area contributed by atoms with E-state index in [4.69, 9.17) is 0 Å². The lowest BCUT2D eigenvalue weighted by atomic mass is 10.2. The number of anilines is 1. The van der Waals surface area contributed by atoms with Crippen LogP contribution in [0.2, 0.25) is 0 Å². The molecule has 0 radical (unpaired) electrons. The highest BCUT2D eigenvalue weighted by Gasteiger charge is 2.33. The average Bonchev–Trinajstić information content (AvgIpc) is 3.41. The van der Waals surface area contributed by atoms with Gasteiger partial charge >= 0.3 is 0 Å². The zero-order valence-electron chi connectivity index (χ0n) is 14.8. The Hall–Kier alpha value is -3.00. The quantitative estimate of drug-likeness (QED) is 0.725. The number of thiophene rings is 1. The Labute approximate surface area is 160 Å². The van der Waals surface area contributed by atoms with Gasteiger partial charge < -0.3 is 15.2 Å². The second-order valence-corrected chi connectivity index (χ2v) is 7.58. The van der Waals surface area contributed by atoms with Crippen LogP contribution in [0.4, 0.5) is 5.69 Å².